The summed E-state index contributed by atoms with van der Waals surface area (Å²) < 4.78 is 18.6. The highest BCUT2D eigenvalue weighted by Crippen LogP contribution is 2.31. The van der Waals surface area contributed by atoms with Crippen molar-refractivity contribution in [1.29, 1.82) is 0 Å². The molecule has 0 bridgehead atoms. The van der Waals surface area contributed by atoms with Crippen molar-refractivity contribution in [3.8, 4) is 11.5 Å². The molecule has 0 fully saturated rings. The highest BCUT2D eigenvalue weighted by Gasteiger charge is 2.06. The van der Waals surface area contributed by atoms with Gasteiger partial charge in [-0.25, -0.2) is 4.39 Å². The Hall–Kier alpha value is -1.74. The van der Waals surface area contributed by atoms with E-state index >= 15 is 0 Å². The molecule has 0 amide bonds. The summed E-state index contributed by atoms with van der Waals surface area (Å²) in [6.45, 7) is 0. The number of hydrogen-bond donors (Lipinski definition) is 1. The third kappa shape index (κ3) is 2.25. The molecule has 2 aromatic carbocycles. The molecule has 16 heavy (non-hydrogen) atoms. The van der Waals surface area contributed by atoms with Crippen molar-refractivity contribution in [2.24, 2.45) is 0 Å². The highest BCUT2D eigenvalue weighted by molar-refractivity contribution is 6.32. The van der Waals surface area contributed by atoms with Crippen molar-refractivity contribution in [1.82, 2.24) is 0 Å². The van der Waals surface area contributed by atoms with E-state index in [1.54, 1.807) is 30.3 Å². The first-order valence-electron chi connectivity index (χ1n) is 4.64. The van der Waals surface area contributed by atoms with Gasteiger partial charge in [-0.3, -0.25) is 0 Å². The average molecular weight is 238 g/mol. The minimum absolute atomic E-state index is 0.133. The molecule has 4 heteroatoms. The van der Waals surface area contributed by atoms with Crippen LogP contribution >= 0.6 is 11.6 Å². The average Bonchev–Trinajstić information content (AvgIpc) is 2.25. The Morgan fingerprint density at radius 2 is 1.81 bits per heavy atom. The number of halogens is 2. The normalized spacial score (nSPS) is 10.1. The van der Waals surface area contributed by atoms with E-state index in [1.807, 2.05) is 0 Å². The van der Waals surface area contributed by atoms with Crippen LogP contribution < -0.4 is 10.5 Å². The maximum Gasteiger partial charge on any atom is 0.165 e. The zero-order chi connectivity index (χ0) is 11.5. The molecule has 2 N–H and O–H groups in total. The van der Waals surface area contributed by atoms with Crippen molar-refractivity contribution >= 4 is 17.3 Å². The van der Waals surface area contributed by atoms with E-state index in [0.29, 0.717) is 16.5 Å². The van der Waals surface area contributed by atoms with Gasteiger partial charge in [0.25, 0.3) is 0 Å². The van der Waals surface area contributed by atoms with Crippen LogP contribution in [0.3, 0.4) is 0 Å². The minimum Gasteiger partial charge on any atom is -0.453 e. The van der Waals surface area contributed by atoms with Crippen LogP contribution in [0.25, 0.3) is 0 Å². The van der Waals surface area contributed by atoms with E-state index in [4.69, 9.17) is 22.1 Å². The number of nitrogen functional groups attached to an aromatic ring is 1. The van der Waals surface area contributed by atoms with Gasteiger partial charge in [0.15, 0.2) is 11.6 Å². The zero-order valence-electron chi connectivity index (χ0n) is 8.28. The van der Waals surface area contributed by atoms with Gasteiger partial charge in [-0.05, 0) is 30.3 Å². The van der Waals surface area contributed by atoms with Crippen molar-refractivity contribution < 1.29 is 9.13 Å². The smallest absolute Gasteiger partial charge is 0.165 e. The lowest BCUT2D eigenvalue weighted by molar-refractivity contribution is 0.442. The second kappa shape index (κ2) is 4.41. The number of ether oxygens (including phenoxy) is 1. The van der Waals surface area contributed by atoms with E-state index in [-0.39, 0.29) is 5.75 Å². The summed E-state index contributed by atoms with van der Waals surface area (Å²) in [5.74, 6) is 0.0746. The lowest BCUT2D eigenvalue weighted by Crippen LogP contribution is -1.90. The molecule has 2 nitrogen and oxygen atoms in total. The Bertz CT molecular complexity index is 516. The molecule has 0 atom stereocenters. The largest absolute Gasteiger partial charge is 0.453 e. The standard InChI is InChI=1S/C12H9ClFNO/c13-9-7-8(15)5-6-11(9)16-12-4-2-1-3-10(12)14/h1-7H,15H2. The molecule has 0 saturated carbocycles. The molecular formula is C12H9ClFNO. The third-order valence-electron chi connectivity index (χ3n) is 2.01. The van der Waals surface area contributed by atoms with Crippen LogP contribution in [0, 0.1) is 5.82 Å². The number of hydrogen-bond acceptors (Lipinski definition) is 2. The maximum atomic E-state index is 13.3. The van der Waals surface area contributed by atoms with Gasteiger partial charge in [-0.1, -0.05) is 23.7 Å². The molecule has 0 aromatic heterocycles. The molecule has 2 rings (SSSR count). The van der Waals surface area contributed by atoms with Gasteiger partial charge in [-0.2, -0.15) is 0 Å². The molecule has 0 unspecified atom stereocenters. The summed E-state index contributed by atoms with van der Waals surface area (Å²) in [6.07, 6.45) is 0. The Kier molecular flexibility index (Phi) is 2.97. The Labute approximate surface area is 97.4 Å². The predicted octanol–water partition coefficient (Wildman–Crippen LogP) is 3.85. The fourth-order valence-corrected chi connectivity index (χ4v) is 1.47. The summed E-state index contributed by atoms with van der Waals surface area (Å²) in [5.41, 5.74) is 6.07. The van der Waals surface area contributed by atoms with Gasteiger partial charge in [0.2, 0.25) is 0 Å². The second-order valence-corrected chi connectivity index (χ2v) is 3.63. The fourth-order valence-electron chi connectivity index (χ4n) is 1.25. The van der Waals surface area contributed by atoms with Crippen molar-refractivity contribution in [3.05, 3.63) is 53.3 Å². The van der Waals surface area contributed by atoms with E-state index in [1.165, 1.54) is 12.1 Å². The van der Waals surface area contributed by atoms with Gasteiger partial charge in [0.05, 0.1) is 5.02 Å². The van der Waals surface area contributed by atoms with Crippen LogP contribution in [0.4, 0.5) is 10.1 Å². The van der Waals surface area contributed by atoms with E-state index in [9.17, 15) is 4.39 Å². The number of anilines is 1. The summed E-state index contributed by atoms with van der Waals surface area (Å²) in [4.78, 5) is 0. The Balaban J connectivity index is 2.31. The highest BCUT2D eigenvalue weighted by atomic mass is 35.5. The predicted molar refractivity (Wildman–Crippen MR) is 62.3 cm³/mol. The lowest BCUT2D eigenvalue weighted by Gasteiger charge is -2.08. The first kappa shape index (κ1) is 10.8. The number of para-hydroxylation sites is 1. The molecular weight excluding hydrogens is 229 g/mol. The molecule has 0 radical (unpaired) electrons. The summed E-state index contributed by atoms with van der Waals surface area (Å²) in [7, 11) is 0. The van der Waals surface area contributed by atoms with E-state index in [0.717, 1.165) is 0 Å². The van der Waals surface area contributed by atoms with Crippen molar-refractivity contribution in [3.63, 3.8) is 0 Å². The van der Waals surface area contributed by atoms with Crippen LogP contribution in [-0.4, -0.2) is 0 Å². The first-order valence-corrected chi connectivity index (χ1v) is 5.02. The van der Waals surface area contributed by atoms with Crippen LogP contribution in [0.15, 0.2) is 42.5 Å². The number of benzene rings is 2. The SMILES string of the molecule is Nc1ccc(Oc2ccccc2F)c(Cl)c1. The fraction of sp³-hybridized carbons (Fsp3) is 0. The van der Waals surface area contributed by atoms with E-state index in [2.05, 4.69) is 0 Å². The van der Waals surface area contributed by atoms with Gasteiger partial charge in [0, 0.05) is 5.69 Å². The molecule has 82 valence electrons. The summed E-state index contributed by atoms with van der Waals surface area (Å²) in [5, 5.41) is 0.350. The molecule has 0 aliphatic rings. The topological polar surface area (TPSA) is 35.2 Å². The van der Waals surface area contributed by atoms with Crippen LogP contribution in [0.5, 0.6) is 11.5 Å². The van der Waals surface area contributed by atoms with Gasteiger partial charge < -0.3 is 10.5 Å². The summed E-state index contributed by atoms with van der Waals surface area (Å²) in [6, 6.07) is 10.9. The molecule has 2 aromatic rings. The quantitative estimate of drug-likeness (QED) is 0.805. The monoisotopic (exact) mass is 237 g/mol. The second-order valence-electron chi connectivity index (χ2n) is 3.22. The molecule has 0 aliphatic heterocycles. The van der Waals surface area contributed by atoms with Gasteiger partial charge in [0.1, 0.15) is 5.75 Å². The summed E-state index contributed by atoms with van der Waals surface area (Å²) >= 11 is 5.90. The molecule has 0 spiro atoms. The van der Waals surface area contributed by atoms with Gasteiger partial charge >= 0.3 is 0 Å². The number of rotatable bonds is 2. The molecule has 0 saturated heterocycles. The van der Waals surface area contributed by atoms with Crippen LogP contribution in [0.2, 0.25) is 5.02 Å². The van der Waals surface area contributed by atoms with Crippen LogP contribution in [-0.2, 0) is 0 Å². The Morgan fingerprint density at radius 1 is 1.06 bits per heavy atom. The lowest BCUT2D eigenvalue weighted by atomic mass is 10.3. The first-order chi connectivity index (χ1) is 7.66. The van der Waals surface area contributed by atoms with Crippen LogP contribution in [0.1, 0.15) is 0 Å². The minimum atomic E-state index is -0.435. The third-order valence-corrected chi connectivity index (χ3v) is 2.31. The number of nitrogens with two attached hydrogens (primary N) is 1. The molecule has 0 heterocycles. The Morgan fingerprint density at radius 3 is 2.50 bits per heavy atom. The maximum absolute atomic E-state index is 13.3. The van der Waals surface area contributed by atoms with Crippen molar-refractivity contribution in [2.45, 2.75) is 0 Å². The van der Waals surface area contributed by atoms with E-state index < -0.39 is 5.82 Å². The van der Waals surface area contributed by atoms with Crippen molar-refractivity contribution in [2.75, 3.05) is 5.73 Å². The molecule has 0 aliphatic carbocycles. The van der Waals surface area contributed by atoms with Gasteiger partial charge in [-0.15, -0.1) is 0 Å². The zero-order valence-corrected chi connectivity index (χ0v) is 9.04.